The molecule has 0 aliphatic rings. The number of carbonyl (C=O) groups is 1. The maximum Gasteiger partial charge on any atom is 0.421 e. The third-order valence-electron chi connectivity index (χ3n) is 5.12. The Kier molecular flexibility index (Phi) is 6.48. The van der Waals surface area contributed by atoms with E-state index in [0.717, 1.165) is 27.5 Å². The Morgan fingerprint density at radius 1 is 1.21 bits per heavy atom. The number of alkyl halides is 3. The summed E-state index contributed by atoms with van der Waals surface area (Å²) in [4.78, 5) is 30.9. The lowest BCUT2D eigenvalue weighted by atomic mass is 10.0. The highest BCUT2D eigenvalue weighted by atomic mass is 19.4. The van der Waals surface area contributed by atoms with E-state index >= 15 is 0 Å². The topological polar surface area (TPSA) is 93.2 Å². The van der Waals surface area contributed by atoms with Gasteiger partial charge in [-0.3, -0.25) is 9.59 Å². The summed E-state index contributed by atoms with van der Waals surface area (Å²) in [5.74, 6) is -0.148. The van der Waals surface area contributed by atoms with E-state index in [1.807, 2.05) is 21.0 Å². The summed E-state index contributed by atoms with van der Waals surface area (Å²) in [5.41, 5.74) is 6.49. The van der Waals surface area contributed by atoms with Gasteiger partial charge in [-0.2, -0.15) is 13.2 Å². The second kappa shape index (κ2) is 8.97. The molecule has 0 aliphatic carbocycles. The maximum absolute atomic E-state index is 13.3. The van der Waals surface area contributed by atoms with Gasteiger partial charge in [0, 0.05) is 44.3 Å². The Morgan fingerprint density at radius 3 is 2.48 bits per heavy atom. The summed E-state index contributed by atoms with van der Waals surface area (Å²) in [6.45, 7) is 3.40. The van der Waals surface area contributed by atoms with Crippen molar-refractivity contribution < 1.29 is 18.0 Å². The van der Waals surface area contributed by atoms with Gasteiger partial charge in [0.25, 0.3) is 11.5 Å². The third kappa shape index (κ3) is 5.00. The van der Waals surface area contributed by atoms with E-state index in [0.29, 0.717) is 23.3 Å². The fraction of sp³-hybridized carbons (Fsp3) is 0.261. The van der Waals surface area contributed by atoms with Gasteiger partial charge in [-0.05, 0) is 49.2 Å². The molecule has 0 unspecified atom stereocenters. The molecule has 1 amide bonds. The number of anilines is 3. The van der Waals surface area contributed by atoms with Crippen LogP contribution in [-0.4, -0.2) is 29.6 Å². The van der Waals surface area contributed by atoms with Crippen molar-refractivity contribution >= 4 is 23.1 Å². The van der Waals surface area contributed by atoms with Gasteiger partial charge < -0.3 is 20.5 Å². The van der Waals surface area contributed by atoms with E-state index in [2.05, 4.69) is 10.3 Å². The molecular weight excluding hydrogens is 435 g/mol. The summed E-state index contributed by atoms with van der Waals surface area (Å²) >= 11 is 0. The highest BCUT2D eigenvalue weighted by Gasteiger charge is 2.35. The monoisotopic (exact) mass is 459 g/mol. The Bertz CT molecular complexity index is 1270. The van der Waals surface area contributed by atoms with Gasteiger partial charge in [0.15, 0.2) is 5.82 Å². The molecule has 0 bridgehead atoms. The number of halogens is 3. The molecule has 2 heterocycles. The SMILES string of the molecule is CCn1cc(C(=O)Nc2ccc(C)c(-c3cnc(N(C)C)c(N)c3)c2)cc(C(F)(F)F)c1=O. The Morgan fingerprint density at radius 2 is 1.91 bits per heavy atom. The summed E-state index contributed by atoms with van der Waals surface area (Å²) in [5, 5.41) is 2.61. The van der Waals surface area contributed by atoms with E-state index < -0.39 is 23.2 Å². The van der Waals surface area contributed by atoms with Crippen LogP contribution in [-0.2, 0) is 12.7 Å². The molecule has 0 spiro atoms. The smallest absolute Gasteiger partial charge is 0.396 e. The van der Waals surface area contributed by atoms with Crippen LogP contribution in [0.15, 0.2) is 47.5 Å². The number of nitrogen functional groups attached to an aromatic ring is 1. The molecule has 0 radical (unpaired) electrons. The number of rotatable bonds is 5. The van der Waals surface area contributed by atoms with E-state index in [1.54, 1.807) is 35.4 Å². The number of nitrogens with one attached hydrogen (secondary N) is 1. The second-order valence-corrected chi connectivity index (χ2v) is 7.75. The zero-order chi connectivity index (χ0) is 24.5. The quantitative estimate of drug-likeness (QED) is 0.598. The molecule has 33 heavy (non-hydrogen) atoms. The number of aryl methyl sites for hydroxylation is 2. The van der Waals surface area contributed by atoms with Gasteiger partial charge >= 0.3 is 6.18 Å². The molecule has 1 aromatic carbocycles. The lowest BCUT2D eigenvalue weighted by molar-refractivity contribution is -0.139. The molecule has 174 valence electrons. The largest absolute Gasteiger partial charge is 0.421 e. The number of nitrogens with two attached hydrogens (primary N) is 1. The Labute approximate surface area is 188 Å². The molecule has 2 aromatic heterocycles. The average molecular weight is 459 g/mol. The molecule has 3 aromatic rings. The predicted molar refractivity (Wildman–Crippen MR) is 122 cm³/mol. The van der Waals surface area contributed by atoms with E-state index in [-0.39, 0.29) is 12.1 Å². The van der Waals surface area contributed by atoms with Gasteiger partial charge in [-0.15, -0.1) is 0 Å². The van der Waals surface area contributed by atoms with Crippen molar-refractivity contribution in [1.82, 2.24) is 9.55 Å². The molecule has 0 saturated heterocycles. The van der Waals surface area contributed by atoms with Crippen LogP contribution in [0, 0.1) is 6.92 Å². The minimum atomic E-state index is -4.87. The van der Waals surface area contributed by atoms with E-state index in [1.165, 1.54) is 6.92 Å². The van der Waals surface area contributed by atoms with Crippen LogP contribution in [0.5, 0.6) is 0 Å². The molecule has 7 nitrogen and oxygen atoms in total. The third-order valence-corrected chi connectivity index (χ3v) is 5.12. The van der Waals surface area contributed by atoms with Crippen molar-refractivity contribution in [2.75, 3.05) is 30.0 Å². The second-order valence-electron chi connectivity index (χ2n) is 7.75. The maximum atomic E-state index is 13.3. The zero-order valence-corrected chi connectivity index (χ0v) is 18.6. The molecule has 0 atom stereocenters. The molecule has 0 aliphatic heterocycles. The van der Waals surface area contributed by atoms with Crippen LogP contribution in [0.4, 0.5) is 30.4 Å². The number of benzene rings is 1. The number of hydrogen-bond acceptors (Lipinski definition) is 5. The summed E-state index contributed by atoms with van der Waals surface area (Å²) in [7, 11) is 3.65. The van der Waals surface area contributed by atoms with Crippen LogP contribution in [0.1, 0.15) is 28.4 Å². The summed E-state index contributed by atoms with van der Waals surface area (Å²) in [6.07, 6.45) is -2.09. The molecule has 3 rings (SSSR count). The van der Waals surface area contributed by atoms with Crippen molar-refractivity contribution in [3.63, 3.8) is 0 Å². The van der Waals surface area contributed by atoms with Gasteiger partial charge in [-0.1, -0.05) is 6.07 Å². The fourth-order valence-electron chi connectivity index (χ4n) is 3.41. The Balaban J connectivity index is 1.96. The number of hydrogen-bond donors (Lipinski definition) is 2. The first-order valence-corrected chi connectivity index (χ1v) is 10.1. The average Bonchev–Trinajstić information content (AvgIpc) is 2.74. The number of aromatic nitrogens is 2. The first-order valence-electron chi connectivity index (χ1n) is 10.1. The van der Waals surface area contributed by atoms with E-state index in [4.69, 9.17) is 5.73 Å². The number of nitrogens with zero attached hydrogens (tertiary/aromatic N) is 3. The van der Waals surface area contributed by atoms with Crippen molar-refractivity contribution in [1.29, 1.82) is 0 Å². The van der Waals surface area contributed by atoms with Gasteiger partial charge in [-0.25, -0.2) is 4.98 Å². The highest BCUT2D eigenvalue weighted by Crippen LogP contribution is 2.31. The van der Waals surface area contributed by atoms with Crippen molar-refractivity contribution in [2.24, 2.45) is 0 Å². The van der Waals surface area contributed by atoms with Crippen LogP contribution in [0.25, 0.3) is 11.1 Å². The van der Waals surface area contributed by atoms with Crippen molar-refractivity contribution in [3.05, 3.63) is 69.8 Å². The summed E-state index contributed by atoms with van der Waals surface area (Å²) in [6, 6.07) is 7.45. The fourth-order valence-corrected chi connectivity index (χ4v) is 3.41. The van der Waals surface area contributed by atoms with Crippen molar-refractivity contribution in [2.45, 2.75) is 26.6 Å². The number of carbonyl (C=O) groups excluding carboxylic acids is 1. The highest BCUT2D eigenvalue weighted by molar-refractivity contribution is 6.04. The molecular formula is C23H24F3N5O2. The van der Waals surface area contributed by atoms with Crippen LogP contribution >= 0.6 is 0 Å². The van der Waals surface area contributed by atoms with Crippen LogP contribution in [0.2, 0.25) is 0 Å². The first kappa shape index (κ1) is 23.8. The summed E-state index contributed by atoms with van der Waals surface area (Å²) < 4.78 is 40.7. The van der Waals surface area contributed by atoms with Gasteiger partial charge in [0.2, 0.25) is 0 Å². The van der Waals surface area contributed by atoms with Crippen molar-refractivity contribution in [3.8, 4) is 11.1 Å². The molecule has 0 fully saturated rings. The normalized spacial score (nSPS) is 11.4. The predicted octanol–water partition coefficient (Wildman–Crippen LogP) is 4.16. The lowest BCUT2D eigenvalue weighted by Crippen LogP contribution is -2.30. The zero-order valence-electron chi connectivity index (χ0n) is 18.6. The van der Waals surface area contributed by atoms with Crippen LogP contribution in [0.3, 0.4) is 0 Å². The number of pyridine rings is 2. The lowest BCUT2D eigenvalue weighted by Gasteiger charge is -2.16. The number of amides is 1. The minimum Gasteiger partial charge on any atom is -0.396 e. The Hall–Kier alpha value is -3.82. The first-order chi connectivity index (χ1) is 15.4. The van der Waals surface area contributed by atoms with Gasteiger partial charge in [0.05, 0.1) is 11.3 Å². The molecule has 10 heteroatoms. The van der Waals surface area contributed by atoms with Gasteiger partial charge in [0.1, 0.15) is 5.56 Å². The molecule has 3 N–H and O–H groups in total. The molecule has 0 saturated carbocycles. The standard InChI is InChI=1S/C23H24F3N5O2/c1-5-31-12-15(8-18(22(31)33)23(24,25)26)21(32)29-16-7-6-13(2)17(10-16)14-9-19(27)20(28-11-14)30(3)4/h6-12H,5,27H2,1-4H3,(H,29,32). The van der Waals surface area contributed by atoms with E-state index in [9.17, 15) is 22.8 Å². The van der Waals surface area contributed by atoms with Crippen LogP contribution < -0.4 is 21.5 Å². The minimum absolute atomic E-state index is 0.00488.